The van der Waals surface area contributed by atoms with Gasteiger partial charge in [0.05, 0.1) is 0 Å². The van der Waals surface area contributed by atoms with Gasteiger partial charge < -0.3 is 0 Å². The molecule has 0 saturated carbocycles. The molecular weight excluding hydrogens is 219 g/mol. The molecule has 18 heavy (non-hydrogen) atoms. The molecule has 0 bridgehead atoms. The lowest BCUT2D eigenvalue weighted by Crippen LogP contribution is -2.20. The van der Waals surface area contributed by atoms with E-state index in [1.807, 2.05) is 13.8 Å². The van der Waals surface area contributed by atoms with Gasteiger partial charge in [0.15, 0.2) is 5.78 Å². The summed E-state index contributed by atoms with van der Waals surface area (Å²) in [6.45, 7) is 10.3. The normalized spacial score (nSPS) is 11.4. The molecule has 0 spiro atoms. The lowest BCUT2D eigenvalue weighted by atomic mass is 9.79. The van der Waals surface area contributed by atoms with Gasteiger partial charge in [-0.25, -0.2) is 0 Å². The molecule has 0 aromatic heterocycles. The fraction of sp³-hybridized carbons (Fsp3) is 0.438. The van der Waals surface area contributed by atoms with E-state index in [4.69, 9.17) is 7.85 Å². The summed E-state index contributed by atoms with van der Waals surface area (Å²) < 4.78 is 0. The molecular formula is C16H21BO. The predicted octanol–water partition coefficient (Wildman–Crippen LogP) is 2.91. The first-order chi connectivity index (χ1) is 8.38. The van der Waals surface area contributed by atoms with Gasteiger partial charge in [-0.3, -0.25) is 4.79 Å². The topological polar surface area (TPSA) is 17.1 Å². The number of hydrogen-bond donors (Lipinski definition) is 0. The Balaban J connectivity index is 3.24. The van der Waals surface area contributed by atoms with Gasteiger partial charge in [-0.2, -0.15) is 0 Å². The van der Waals surface area contributed by atoms with E-state index in [9.17, 15) is 4.79 Å². The van der Waals surface area contributed by atoms with E-state index in [1.165, 1.54) is 11.1 Å². The van der Waals surface area contributed by atoms with Gasteiger partial charge in [0.1, 0.15) is 7.85 Å². The predicted molar refractivity (Wildman–Crippen MR) is 78.9 cm³/mol. The summed E-state index contributed by atoms with van der Waals surface area (Å²) in [5, 5.41) is 0. The molecule has 1 nitrogen and oxygen atoms in total. The summed E-state index contributed by atoms with van der Waals surface area (Å²) in [4.78, 5) is 11.7. The van der Waals surface area contributed by atoms with Gasteiger partial charge in [-0.1, -0.05) is 37.0 Å². The van der Waals surface area contributed by atoms with Crippen LogP contribution in [-0.4, -0.2) is 13.6 Å². The van der Waals surface area contributed by atoms with Gasteiger partial charge >= 0.3 is 0 Å². The van der Waals surface area contributed by atoms with Crippen LogP contribution in [-0.2, 0) is 11.2 Å². The number of ketones is 1. The first kappa shape index (κ1) is 14.8. The van der Waals surface area contributed by atoms with Crippen LogP contribution in [0, 0.1) is 13.8 Å². The lowest BCUT2D eigenvalue weighted by molar-refractivity contribution is -0.114. The number of carbonyl (C=O) groups excluding carboxylic acids is 1. The van der Waals surface area contributed by atoms with Crippen molar-refractivity contribution in [1.82, 2.24) is 0 Å². The van der Waals surface area contributed by atoms with Gasteiger partial charge in [-0.15, -0.1) is 0 Å². The van der Waals surface area contributed by atoms with Crippen molar-refractivity contribution in [2.24, 2.45) is 0 Å². The van der Waals surface area contributed by atoms with Crippen molar-refractivity contribution in [3.8, 4) is 0 Å². The van der Waals surface area contributed by atoms with E-state index in [0.29, 0.717) is 12.3 Å². The Morgan fingerprint density at radius 1 is 1.33 bits per heavy atom. The summed E-state index contributed by atoms with van der Waals surface area (Å²) in [6, 6.07) is 2.09. The molecule has 2 radical (unpaired) electrons. The second-order valence-corrected chi connectivity index (χ2v) is 5.09. The Morgan fingerprint density at radius 3 is 2.44 bits per heavy atom. The average molecular weight is 240 g/mol. The van der Waals surface area contributed by atoms with E-state index < -0.39 is 0 Å². The molecule has 0 unspecified atom stereocenters. The van der Waals surface area contributed by atoms with Crippen molar-refractivity contribution in [2.75, 3.05) is 0 Å². The molecule has 1 aromatic carbocycles. The molecule has 0 fully saturated rings. The molecule has 0 N–H and O–H groups in total. The van der Waals surface area contributed by atoms with E-state index in [1.54, 1.807) is 12.2 Å². The van der Waals surface area contributed by atoms with Crippen LogP contribution in [0.2, 0.25) is 0 Å². The fourth-order valence-electron chi connectivity index (χ4n) is 2.21. The number of benzene rings is 1. The molecule has 0 saturated heterocycles. The maximum Gasteiger partial charge on any atom is 0.159 e. The third kappa shape index (κ3) is 3.13. The van der Waals surface area contributed by atoms with Gasteiger partial charge in [-0.05, 0) is 49.5 Å². The molecule has 2 heteroatoms. The zero-order valence-electron chi connectivity index (χ0n) is 12.0. The highest BCUT2D eigenvalue weighted by Crippen LogP contribution is 2.22. The monoisotopic (exact) mass is 240 g/mol. The minimum Gasteiger partial charge on any atom is -0.295 e. The van der Waals surface area contributed by atoms with Crippen LogP contribution < -0.4 is 5.46 Å². The van der Waals surface area contributed by atoms with E-state index in [2.05, 4.69) is 26.8 Å². The highest BCUT2D eigenvalue weighted by molar-refractivity contribution is 6.34. The zero-order chi connectivity index (χ0) is 13.9. The van der Waals surface area contributed by atoms with Crippen LogP contribution in [0.25, 0.3) is 0 Å². The second-order valence-electron chi connectivity index (χ2n) is 5.09. The zero-order valence-corrected chi connectivity index (χ0v) is 12.0. The minimum atomic E-state index is 0.0992. The molecule has 0 aliphatic rings. The third-order valence-electron chi connectivity index (χ3n) is 3.41. The average Bonchev–Trinajstić information content (AvgIpc) is 2.30. The number of carbonyl (C=O) groups is 1. The van der Waals surface area contributed by atoms with Crippen molar-refractivity contribution in [3.63, 3.8) is 0 Å². The first-order valence-electron chi connectivity index (χ1n) is 6.42. The first-order valence-corrected chi connectivity index (χ1v) is 6.42. The Morgan fingerprint density at radius 2 is 1.94 bits per heavy atom. The molecule has 94 valence electrons. The quantitative estimate of drug-likeness (QED) is 0.584. The maximum absolute atomic E-state index is 11.7. The number of hydrogen-bond acceptors (Lipinski definition) is 1. The summed E-state index contributed by atoms with van der Waals surface area (Å²) in [6.07, 6.45) is 3.75. The molecule has 0 aliphatic heterocycles. The van der Waals surface area contributed by atoms with Gasteiger partial charge in [0.2, 0.25) is 0 Å². The highest BCUT2D eigenvalue weighted by Gasteiger charge is 2.12. The van der Waals surface area contributed by atoms with Gasteiger partial charge in [0, 0.05) is 6.42 Å². The summed E-state index contributed by atoms with van der Waals surface area (Å²) in [5.41, 5.74) is 5.33. The number of allylic oxidation sites excluding steroid dienone is 2. The summed E-state index contributed by atoms with van der Waals surface area (Å²) in [7, 11) is 6.12. The van der Waals surface area contributed by atoms with Crippen molar-refractivity contribution in [3.05, 3.63) is 40.5 Å². The van der Waals surface area contributed by atoms with Crippen molar-refractivity contribution in [2.45, 2.75) is 47.0 Å². The molecule has 0 aliphatic carbocycles. The number of rotatable bonds is 4. The van der Waals surface area contributed by atoms with Crippen LogP contribution in [0.4, 0.5) is 0 Å². The largest absolute Gasteiger partial charge is 0.295 e. The smallest absolute Gasteiger partial charge is 0.159 e. The standard InChI is InChI=1S/C16H21BO/c1-6-7-14(18)8-13-9-15(10(2)3)11(4)12(5)16(13)17/h6-7,9-10H,8H2,1-5H3/b7-6+. The van der Waals surface area contributed by atoms with Crippen LogP contribution >= 0.6 is 0 Å². The molecule has 0 amide bonds. The molecule has 0 heterocycles. The Bertz CT molecular complexity index is 484. The Labute approximate surface area is 112 Å². The third-order valence-corrected chi connectivity index (χ3v) is 3.41. The second kappa shape index (κ2) is 6.04. The molecule has 0 atom stereocenters. The molecule has 1 aromatic rings. The van der Waals surface area contributed by atoms with E-state index in [0.717, 1.165) is 16.6 Å². The van der Waals surface area contributed by atoms with Gasteiger partial charge in [0.25, 0.3) is 0 Å². The maximum atomic E-state index is 11.7. The lowest BCUT2D eigenvalue weighted by Gasteiger charge is -2.18. The van der Waals surface area contributed by atoms with Crippen LogP contribution in [0.15, 0.2) is 18.2 Å². The fourth-order valence-corrected chi connectivity index (χ4v) is 2.21. The molecule has 1 rings (SSSR count). The summed E-state index contributed by atoms with van der Waals surface area (Å²) in [5.74, 6) is 0.544. The highest BCUT2D eigenvalue weighted by atomic mass is 16.1. The van der Waals surface area contributed by atoms with Crippen molar-refractivity contribution >= 4 is 19.1 Å². The van der Waals surface area contributed by atoms with Crippen LogP contribution in [0.5, 0.6) is 0 Å². The van der Waals surface area contributed by atoms with E-state index >= 15 is 0 Å². The SMILES string of the molecule is [B]c1c(CC(=O)/C=C/C)cc(C(C)C)c(C)c1C. The van der Waals surface area contributed by atoms with Crippen molar-refractivity contribution < 1.29 is 4.79 Å². The minimum absolute atomic E-state index is 0.0992. The van der Waals surface area contributed by atoms with Crippen LogP contribution in [0.1, 0.15) is 48.9 Å². The van der Waals surface area contributed by atoms with E-state index in [-0.39, 0.29) is 5.78 Å². The Hall–Kier alpha value is -1.31. The summed E-state index contributed by atoms with van der Waals surface area (Å²) >= 11 is 0. The van der Waals surface area contributed by atoms with Crippen LogP contribution in [0.3, 0.4) is 0 Å². The Kier molecular flexibility index (Phi) is 4.95. The van der Waals surface area contributed by atoms with Crippen molar-refractivity contribution in [1.29, 1.82) is 0 Å².